The normalized spacial score (nSPS) is 11.0. The summed E-state index contributed by atoms with van der Waals surface area (Å²) >= 11 is 0. The SMILES string of the molecule is Cc1ccc2[nH]c(-c3ccc(N)cc3)nc2c1C. The van der Waals surface area contributed by atoms with E-state index in [0.29, 0.717) is 0 Å². The zero-order valence-corrected chi connectivity index (χ0v) is 10.5. The third-order valence-electron chi connectivity index (χ3n) is 3.36. The molecule has 1 aromatic heterocycles. The van der Waals surface area contributed by atoms with Crippen molar-refractivity contribution in [1.29, 1.82) is 0 Å². The summed E-state index contributed by atoms with van der Waals surface area (Å²) in [5.74, 6) is 0.888. The van der Waals surface area contributed by atoms with Gasteiger partial charge in [-0.05, 0) is 55.3 Å². The van der Waals surface area contributed by atoms with Crippen LogP contribution in [0.3, 0.4) is 0 Å². The standard InChI is InChI=1S/C15H15N3/c1-9-3-8-13-14(10(9)2)18-15(17-13)11-4-6-12(16)7-5-11/h3-8H,16H2,1-2H3,(H,17,18). The van der Waals surface area contributed by atoms with Crippen LogP contribution < -0.4 is 5.73 Å². The Labute approximate surface area is 106 Å². The first-order valence-corrected chi connectivity index (χ1v) is 5.97. The summed E-state index contributed by atoms with van der Waals surface area (Å²) in [6.07, 6.45) is 0. The Hall–Kier alpha value is -2.29. The molecule has 1 heterocycles. The van der Waals surface area contributed by atoms with E-state index in [1.807, 2.05) is 24.3 Å². The highest BCUT2D eigenvalue weighted by Crippen LogP contribution is 2.24. The summed E-state index contributed by atoms with van der Waals surface area (Å²) in [6.45, 7) is 4.21. The number of nitrogen functional groups attached to an aromatic ring is 1. The lowest BCUT2D eigenvalue weighted by Gasteiger charge is -1.98. The molecule has 3 N–H and O–H groups in total. The van der Waals surface area contributed by atoms with Crippen molar-refractivity contribution in [1.82, 2.24) is 9.97 Å². The minimum absolute atomic E-state index is 0.766. The van der Waals surface area contributed by atoms with Crippen molar-refractivity contribution < 1.29 is 0 Å². The Morgan fingerprint density at radius 1 is 1.00 bits per heavy atom. The molecular weight excluding hydrogens is 222 g/mol. The molecule has 0 radical (unpaired) electrons. The second-order valence-corrected chi connectivity index (χ2v) is 4.61. The number of hydrogen-bond acceptors (Lipinski definition) is 2. The summed E-state index contributed by atoms with van der Waals surface area (Å²) in [4.78, 5) is 8.02. The Morgan fingerprint density at radius 2 is 1.72 bits per heavy atom. The number of aromatic nitrogens is 2. The third kappa shape index (κ3) is 1.64. The predicted octanol–water partition coefficient (Wildman–Crippen LogP) is 3.43. The zero-order chi connectivity index (χ0) is 12.7. The molecule has 0 unspecified atom stereocenters. The van der Waals surface area contributed by atoms with E-state index < -0.39 is 0 Å². The molecule has 0 saturated heterocycles. The summed E-state index contributed by atoms with van der Waals surface area (Å²) in [5, 5.41) is 0. The van der Waals surface area contributed by atoms with Crippen molar-refractivity contribution in [2.75, 3.05) is 5.73 Å². The zero-order valence-electron chi connectivity index (χ0n) is 10.5. The third-order valence-corrected chi connectivity index (χ3v) is 3.36. The number of imidazole rings is 1. The van der Waals surface area contributed by atoms with Crippen LogP contribution in [0.15, 0.2) is 36.4 Å². The highest BCUT2D eigenvalue weighted by Gasteiger charge is 2.08. The molecule has 3 rings (SSSR count). The monoisotopic (exact) mass is 237 g/mol. The second-order valence-electron chi connectivity index (χ2n) is 4.61. The number of aromatic amines is 1. The van der Waals surface area contributed by atoms with Crippen molar-refractivity contribution in [3.05, 3.63) is 47.5 Å². The smallest absolute Gasteiger partial charge is 0.138 e. The lowest BCUT2D eigenvalue weighted by Crippen LogP contribution is -1.85. The van der Waals surface area contributed by atoms with Crippen LogP contribution in [-0.4, -0.2) is 9.97 Å². The van der Waals surface area contributed by atoms with E-state index in [1.165, 1.54) is 11.1 Å². The van der Waals surface area contributed by atoms with Crippen LogP contribution in [0.2, 0.25) is 0 Å². The number of nitrogens with two attached hydrogens (primary N) is 1. The molecule has 90 valence electrons. The maximum absolute atomic E-state index is 5.69. The molecule has 2 aromatic carbocycles. The van der Waals surface area contributed by atoms with E-state index in [9.17, 15) is 0 Å². The molecule has 0 atom stereocenters. The summed E-state index contributed by atoms with van der Waals surface area (Å²) < 4.78 is 0. The van der Waals surface area contributed by atoms with Gasteiger partial charge in [0.1, 0.15) is 5.82 Å². The molecule has 0 saturated carbocycles. The molecule has 3 aromatic rings. The molecule has 0 fully saturated rings. The minimum Gasteiger partial charge on any atom is -0.399 e. The predicted molar refractivity (Wildman–Crippen MR) is 75.4 cm³/mol. The van der Waals surface area contributed by atoms with Crippen molar-refractivity contribution in [3.63, 3.8) is 0 Å². The number of anilines is 1. The molecule has 0 bridgehead atoms. The van der Waals surface area contributed by atoms with Crippen LogP contribution in [0, 0.1) is 13.8 Å². The van der Waals surface area contributed by atoms with Gasteiger partial charge in [0.25, 0.3) is 0 Å². The highest BCUT2D eigenvalue weighted by molar-refractivity contribution is 5.83. The number of aryl methyl sites for hydroxylation is 2. The van der Waals surface area contributed by atoms with Gasteiger partial charge in [0.05, 0.1) is 11.0 Å². The van der Waals surface area contributed by atoms with Crippen molar-refractivity contribution >= 4 is 16.7 Å². The molecular formula is C15H15N3. The molecule has 0 amide bonds. The largest absolute Gasteiger partial charge is 0.399 e. The minimum atomic E-state index is 0.766. The van der Waals surface area contributed by atoms with E-state index in [1.54, 1.807) is 0 Å². The number of benzene rings is 2. The van der Waals surface area contributed by atoms with Crippen LogP contribution in [0.4, 0.5) is 5.69 Å². The fourth-order valence-corrected chi connectivity index (χ4v) is 2.09. The van der Waals surface area contributed by atoms with Gasteiger partial charge in [0.15, 0.2) is 0 Å². The van der Waals surface area contributed by atoms with Gasteiger partial charge < -0.3 is 10.7 Å². The topological polar surface area (TPSA) is 54.7 Å². The van der Waals surface area contributed by atoms with Gasteiger partial charge in [-0.25, -0.2) is 4.98 Å². The number of nitrogens with zero attached hydrogens (tertiary/aromatic N) is 1. The van der Waals surface area contributed by atoms with Gasteiger partial charge in [-0.1, -0.05) is 6.07 Å². The summed E-state index contributed by atoms with van der Waals surface area (Å²) in [7, 11) is 0. The Balaban J connectivity index is 2.19. The van der Waals surface area contributed by atoms with Crippen LogP contribution in [0.5, 0.6) is 0 Å². The summed E-state index contributed by atoms with van der Waals surface area (Å²) in [6, 6.07) is 11.9. The molecule has 0 aliphatic rings. The molecule has 0 spiro atoms. The lowest BCUT2D eigenvalue weighted by atomic mass is 10.1. The lowest BCUT2D eigenvalue weighted by molar-refractivity contribution is 1.32. The first kappa shape index (κ1) is 10.8. The molecule has 3 nitrogen and oxygen atoms in total. The summed E-state index contributed by atoms with van der Waals surface area (Å²) in [5.41, 5.74) is 12.1. The van der Waals surface area contributed by atoms with E-state index in [2.05, 4.69) is 35.9 Å². The second kappa shape index (κ2) is 3.88. The van der Waals surface area contributed by atoms with Crippen molar-refractivity contribution in [2.45, 2.75) is 13.8 Å². The average molecular weight is 237 g/mol. The van der Waals surface area contributed by atoms with Gasteiger partial charge in [-0.2, -0.15) is 0 Å². The quantitative estimate of drug-likeness (QED) is 0.637. The Morgan fingerprint density at radius 3 is 2.44 bits per heavy atom. The van der Waals surface area contributed by atoms with Crippen LogP contribution in [0.1, 0.15) is 11.1 Å². The number of nitrogens with one attached hydrogen (secondary N) is 1. The van der Waals surface area contributed by atoms with Gasteiger partial charge in [0, 0.05) is 11.3 Å². The van der Waals surface area contributed by atoms with Crippen molar-refractivity contribution in [2.24, 2.45) is 0 Å². The van der Waals surface area contributed by atoms with E-state index in [-0.39, 0.29) is 0 Å². The number of H-pyrrole nitrogens is 1. The fraction of sp³-hybridized carbons (Fsp3) is 0.133. The molecule has 0 aliphatic heterocycles. The molecule has 0 aliphatic carbocycles. The van der Waals surface area contributed by atoms with Crippen LogP contribution in [0.25, 0.3) is 22.4 Å². The fourth-order valence-electron chi connectivity index (χ4n) is 2.09. The number of rotatable bonds is 1. The van der Waals surface area contributed by atoms with Crippen LogP contribution >= 0.6 is 0 Å². The highest BCUT2D eigenvalue weighted by atomic mass is 14.9. The Bertz CT molecular complexity index is 708. The van der Waals surface area contributed by atoms with Gasteiger partial charge >= 0.3 is 0 Å². The first-order valence-electron chi connectivity index (χ1n) is 5.97. The van der Waals surface area contributed by atoms with E-state index in [0.717, 1.165) is 28.1 Å². The Kier molecular flexibility index (Phi) is 2.33. The maximum Gasteiger partial charge on any atom is 0.138 e. The first-order chi connectivity index (χ1) is 8.65. The molecule has 3 heteroatoms. The molecule has 18 heavy (non-hydrogen) atoms. The van der Waals surface area contributed by atoms with Gasteiger partial charge in [-0.3, -0.25) is 0 Å². The van der Waals surface area contributed by atoms with Gasteiger partial charge in [-0.15, -0.1) is 0 Å². The van der Waals surface area contributed by atoms with E-state index in [4.69, 9.17) is 5.73 Å². The number of hydrogen-bond donors (Lipinski definition) is 2. The maximum atomic E-state index is 5.69. The van der Waals surface area contributed by atoms with Gasteiger partial charge in [0.2, 0.25) is 0 Å². The van der Waals surface area contributed by atoms with Crippen molar-refractivity contribution in [3.8, 4) is 11.4 Å². The number of fused-ring (bicyclic) bond motifs is 1. The van der Waals surface area contributed by atoms with E-state index >= 15 is 0 Å². The average Bonchev–Trinajstić information content (AvgIpc) is 2.80. The van der Waals surface area contributed by atoms with Crippen LogP contribution in [-0.2, 0) is 0 Å².